The van der Waals surface area contributed by atoms with Gasteiger partial charge in [-0.15, -0.1) is 0 Å². The summed E-state index contributed by atoms with van der Waals surface area (Å²) in [6.07, 6.45) is 7.08. The van der Waals surface area contributed by atoms with Gasteiger partial charge in [-0.05, 0) is 37.0 Å². The van der Waals surface area contributed by atoms with Crippen molar-refractivity contribution in [2.45, 2.75) is 38.1 Å². The lowest BCUT2D eigenvalue weighted by Gasteiger charge is -2.12. The van der Waals surface area contributed by atoms with Crippen molar-refractivity contribution in [1.29, 1.82) is 0 Å². The van der Waals surface area contributed by atoms with Gasteiger partial charge in [0.1, 0.15) is 11.4 Å². The van der Waals surface area contributed by atoms with Crippen molar-refractivity contribution in [1.82, 2.24) is 15.3 Å². The van der Waals surface area contributed by atoms with Gasteiger partial charge in [-0.1, -0.05) is 31.0 Å². The summed E-state index contributed by atoms with van der Waals surface area (Å²) in [7, 11) is 1.65. The average Bonchev–Trinajstić information content (AvgIpc) is 3.15. The zero-order valence-corrected chi connectivity index (χ0v) is 14.5. The lowest BCUT2D eigenvalue weighted by molar-refractivity contribution is 0.0949. The van der Waals surface area contributed by atoms with Crippen LogP contribution in [0.1, 0.15) is 41.7 Å². The SMILES string of the molecule is COc1ccccc1CCNC(=O)c1ccnc(NC2CCCC2)n1. The number of para-hydroxylation sites is 1. The van der Waals surface area contributed by atoms with Crippen molar-refractivity contribution >= 4 is 11.9 Å². The molecule has 0 bridgehead atoms. The van der Waals surface area contributed by atoms with Gasteiger partial charge in [0, 0.05) is 18.8 Å². The standard InChI is InChI=1S/C19H24N4O2/c1-25-17-9-5-2-6-14(17)10-12-20-18(24)16-11-13-21-19(23-16)22-15-7-3-4-8-15/h2,5-6,9,11,13,15H,3-4,7-8,10,12H2,1H3,(H,20,24)(H,21,22,23). The Morgan fingerprint density at radius 1 is 1.24 bits per heavy atom. The van der Waals surface area contributed by atoms with E-state index in [0.717, 1.165) is 24.2 Å². The van der Waals surface area contributed by atoms with E-state index in [1.165, 1.54) is 12.8 Å². The third kappa shape index (κ3) is 4.68. The zero-order chi connectivity index (χ0) is 17.5. The number of hydrogen-bond acceptors (Lipinski definition) is 5. The van der Waals surface area contributed by atoms with Crippen molar-refractivity contribution in [3.05, 3.63) is 47.8 Å². The maximum atomic E-state index is 12.3. The molecular weight excluding hydrogens is 316 g/mol. The molecule has 0 unspecified atom stereocenters. The second-order valence-electron chi connectivity index (χ2n) is 6.21. The second-order valence-corrected chi connectivity index (χ2v) is 6.21. The maximum Gasteiger partial charge on any atom is 0.270 e. The summed E-state index contributed by atoms with van der Waals surface area (Å²) < 4.78 is 5.32. The highest BCUT2D eigenvalue weighted by molar-refractivity contribution is 5.92. The van der Waals surface area contributed by atoms with E-state index in [-0.39, 0.29) is 5.91 Å². The summed E-state index contributed by atoms with van der Waals surface area (Å²) >= 11 is 0. The summed E-state index contributed by atoms with van der Waals surface area (Å²) in [6, 6.07) is 9.87. The summed E-state index contributed by atoms with van der Waals surface area (Å²) in [6.45, 7) is 0.522. The van der Waals surface area contributed by atoms with Crippen LogP contribution < -0.4 is 15.4 Å². The summed E-state index contributed by atoms with van der Waals surface area (Å²) in [4.78, 5) is 20.9. The fraction of sp³-hybridized carbons (Fsp3) is 0.421. The molecule has 1 amide bonds. The highest BCUT2D eigenvalue weighted by atomic mass is 16.5. The zero-order valence-electron chi connectivity index (χ0n) is 14.5. The number of hydrogen-bond donors (Lipinski definition) is 2. The normalized spacial score (nSPS) is 14.3. The highest BCUT2D eigenvalue weighted by Crippen LogP contribution is 2.20. The minimum Gasteiger partial charge on any atom is -0.496 e. The molecule has 2 aromatic rings. The fourth-order valence-electron chi connectivity index (χ4n) is 3.12. The molecule has 1 aliphatic rings. The van der Waals surface area contributed by atoms with E-state index >= 15 is 0 Å². The van der Waals surface area contributed by atoms with Crippen LogP contribution in [-0.2, 0) is 6.42 Å². The maximum absolute atomic E-state index is 12.3. The molecule has 6 heteroatoms. The first-order valence-electron chi connectivity index (χ1n) is 8.76. The van der Waals surface area contributed by atoms with E-state index in [0.29, 0.717) is 30.6 Å². The van der Waals surface area contributed by atoms with Gasteiger partial charge < -0.3 is 15.4 Å². The number of carbonyl (C=O) groups excluding carboxylic acids is 1. The predicted molar refractivity (Wildman–Crippen MR) is 96.9 cm³/mol. The molecule has 25 heavy (non-hydrogen) atoms. The number of aromatic nitrogens is 2. The van der Waals surface area contributed by atoms with Crippen LogP contribution in [0, 0.1) is 0 Å². The molecule has 0 atom stereocenters. The molecule has 6 nitrogen and oxygen atoms in total. The van der Waals surface area contributed by atoms with Crippen LogP contribution in [0.2, 0.25) is 0 Å². The van der Waals surface area contributed by atoms with E-state index < -0.39 is 0 Å². The monoisotopic (exact) mass is 340 g/mol. The molecule has 132 valence electrons. The number of anilines is 1. The number of nitrogens with one attached hydrogen (secondary N) is 2. The van der Waals surface area contributed by atoms with Crippen molar-refractivity contribution in [2.75, 3.05) is 19.0 Å². The molecule has 1 heterocycles. The van der Waals surface area contributed by atoms with Crippen molar-refractivity contribution in [3.8, 4) is 5.75 Å². The number of benzene rings is 1. The molecule has 0 radical (unpaired) electrons. The number of nitrogens with zero attached hydrogens (tertiary/aromatic N) is 2. The van der Waals surface area contributed by atoms with Crippen molar-refractivity contribution in [3.63, 3.8) is 0 Å². The van der Waals surface area contributed by atoms with Gasteiger partial charge in [-0.2, -0.15) is 0 Å². The predicted octanol–water partition coefficient (Wildman–Crippen LogP) is 2.81. The molecule has 1 saturated carbocycles. The van der Waals surface area contributed by atoms with Crippen LogP contribution in [0.4, 0.5) is 5.95 Å². The van der Waals surface area contributed by atoms with Gasteiger partial charge in [0.15, 0.2) is 0 Å². The average molecular weight is 340 g/mol. The first kappa shape index (κ1) is 17.2. The molecule has 3 rings (SSSR count). The quantitative estimate of drug-likeness (QED) is 0.810. The summed E-state index contributed by atoms with van der Waals surface area (Å²) in [5.74, 6) is 1.18. The molecular formula is C19H24N4O2. The Labute approximate surface area is 148 Å². The largest absolute Gasteiger partial charge is 0.496 e. The number of carbonyl (C=O) groups is 1. The Balaban J connectivity index is 1.54. The van der Waals surface area contributed by atoms with Gasteiger partial charge in [0.2, 0.25) is 5.95 Å². The van der Waals surface area contributed by atoms with Crippen LogP contribution >= 0.6 is 0 Å². The van der Waals surface area contributed by atoms with Crippen LogP contribution in [-0.4, -0.2) is 35.6 Å². The first-order chi connectivity index (χ1) is 12.3. The molecule has 0 spiro atoms. The van der Waals surface area contributed by atoms with Gasteiger partial charge in [0.05, 0.1) is 7.11 Å². The minimum atomic E-state index is -0.188. The molecule has 1 aromatic heterocycles. The smallest absolute Gasteiger partial charge is 0.270 e. The van der Waals surface area contributed by atoms with Gasteiger partial charge in [-0.3, -0.25) is 4.79 Å². The Morgan fingerprint density at radius 3 is 2.84 bits per heavy atom. The van der Waals surface area contributed by atoms with E-state index in [1.54, 1.807) is 19.4 Å². The summed E-state index contributed by atoms with van der Waals surface area (Å²) in [5.41, 5.74) is 1.45. The first-order valence-corrected chi connectivity index (χ1v) is 8.76. The van der Waals surface area contributed by atoms with E-state index in [2.05, 4.69) is 20.6 Å². The highest BCUT2D eigenvalue weighted by Gasteiger charge is 2.16. The second kappa shape index (κ2) is 8.46. The molecule has 1 fully saturated rings. The van der Waals surface area contributed by atoms with Gasteiger partial charge in [0.25, 0.3) is 5.91 Å². The van der Waals surface area contributed by atoms with Crippen LogP contribution in [0.5, 0.6) is 5.75 Å². The Hall–Kier alpha value is -2.63. The Morgan fingerprint density at radius 2 is 2.04 bits per heavy atom. The summed E-state index contributed by atoms with van der Waals surface area (Å²) in [5, 5.41) is 6.22. The lowest BCUT2D eigenvalue weighted by Crippen LogP contribution is -2.27. The minimum absolute atomic E-state index is 0.188. The topological polar surface area (TPSA) is 76.1 Å². The van der Waals surface area contributed by atoms with E-state index in [4.69, 9.17) is 4.74 Å². The molecule has 0 saturated heterocycles. The number of ether oxygens (including phenoxy) is 1. The third-order valence-electron chi connectivity index (χ3n) is 4.45. The fourth-order valence-corrected chi connectivity index (χ4v) is 3.12. The lowest BCUT2D eigenvalue weighted by atomic mass is 10.1. The van der Waals surface area contributed by atoms with Gasteiger partial charge in [-0.25, -0.2) is 9.97 Å². The number of methoxy groups -OCH3 is 1. The van der Waals surface area contributed by atoms with Crippen LogP contribution in [0.3, 0.4) is 0 Å². The molecule has 2 N–H and O–H groups in total. The number of amides is 1. The Bertz CT molecular complexity index is 714. The van der Waals surface area contributed by atoms with E-state index in [1.807, 2.05) is 24.3 Å². The van der Waals surface area contributed by atoms with Crippen LogP contribution in [0.25, 0.3) is 0 Å². The molecule has 1 aliphatic carbocycles. The number of rotatable bonds is 7. The third-order valence-corrected chi connectivity index (χ3v) is 4.45. The Kier molecular flexibility index (Phi) is 5.82. The molecule has 1 aromatic carbocycles. The van der Waals surface area contributed by atoms with Crippen molar-refractivity contribution in [2.24, 2.45) is 0 Å². The van der Waals surface area contributed by atoms with E-state index in [9.17, 15) is 4.79 Å². The molecule has 0 aliphatic heterocycles. The van der Waals surface area contributed by atoms with Gasteiger partial charge >= 0.3 is 0 Å². The van der Waals surface area contributed by atoms with Crippen LogP contribution in [0.15, 0.2) is 36.5 Å². The van der Waals surface area contributed by atoms with Crippen molar-refractivity contribution < 1.29 is 9.53 Å².